The molecule has 9 heteroatoms. The Kier molecular flexibility index (Phi) is 5.54. The minimum atomic E-state index is -0.266. The first-order valence-corrected chi connectivity index (χ1v) is 11.2. The summed E-state index contributed by atoms with van der Waals surface area (Å²) in [5, 5.41) is 14.4. The fraction of sp³-hybridized carbons (Fsp3) is 0.263. The third kappa shape index (κ3) is 3.85. The molecule has 0 bridgehead atoms. The molecule has 1 aliphatic rings. The molecule has 1 aromatic carbocycles. The fourth-order valence-corrected chi connectivity index (χ4v) is 4.32. The average molecular weight is 414 g/mol. The van der Waals surface area contributed by atoms with Crippen LogP contribution in [0.5, 0.6) is 0 Å². The van der Waals surface area contributed by atoms with Crippen LogP contribution in [-0.2, 0) is 4.79 Å². The maximum absolute atomic E-state index is 12.9. The molecule has 3 heterocycles. The summed E-state index contributed by atoms with van der Waals surface area (Å²) >= 11 is 3.19. The number of nitrogens with zero attached hydrogens (tertiary/aromatic N) is 3. The molecule has 1 atom stereocenters. The molecule has 0 radical (unpaired) electrons. The van der Waals surface area contributed by atoms with Gasteiger partial charge in [-0.05, 0) is 48.8 Å². The first-order chi connectivity index (χ1) is 13.7. The summed E-state index contributed by atoms with van der Waals surface area (Å²) in [6, 6.07) is 10.8. The number of benzene rings is 1. The Morgan fingerprint density at radius 2 is 2.25 bits per heavy atom. The molecule has 0 saturated carbocycles. The maximum Gasteiger partial charge on any atom is 0.251 e. The van der Waals surface area contributed by atoms with Crippen LogP contribution in [0.1, 0.15) is 28.6 Å². The molecular weight excluding hydrogens is 394 g/mol. The number of carbonyl (C=O) groups excluding carboxylic acids is 2. The molecule has 2 amide bonds. The van der Waals surface area contributed by atoms with Crippen LogP contribution in [0.25, 0.3) is 5.65 Å². The molecule has 0 saturated heterocycles. The standard InChI is InChI=1S/C19H19N5O2S2/c1-27-9-7-13(18-23-22-16-4-2-3-8-24(16)18)21-19(26)12-5-6-15-14(10-12)20-17(25)11-28-15/h2-6,8,10,13H,7,9,11H2,1H3,(H,20,25)(H,21,26). The van der Waals surface area contributed by atoms with Crippen molar-refractivity contribution < 1.29 is 9.59 Å². The van der Waals surface area contributed by atoms with Crippen molar-refractivity contribution in [3.63, 3.8) is 0 Å². The van der Waals surface area contributed by atoms with E-state index in [1.54, 1.807) is 23.9 Å². The number of hydrogen-bond donors (Lipinski definition) is 2. The second-order valence-corrected chi connectivity index (χ2v) is 8.35. The zero-order chi connectivity index (χ0) is 19.5. The summed E-state index contributed by atoms with van der Waals surface area (Å²) in [4.78, 5) is 25.5. The molecule has 2 N–H and O–H groups in total. The fourth-order valence-electron chi connectivity index (χ4n) is 3.06. The number of aromatic nitrogens is 3. The quantitative estimate of drug-likeness (QED) is 0.646. The number of amides is 2. The lowest BCUT2D eigenvalue weighted by Crippen LogP contribution is -2.30. The number of fused-ring (bicyclic) bond motifs is 2. The number of carbonyl (C=O) groups is 2. The van der Waals surface area contributed by atoms with E-state index < -0.39 is 0 Å². The molecule has 1 aliphatic heterocycles. The van der Waals surface area contributed by atoms with E-state index in [9.17, 15) is 9.59 Å². The normalized spacial score (nSPS) is 14.4. The highest BCUT2D eigenvalue weighted by Gasteiger charge is 2.22. The van der Waals surface area contributed by atoms with Crippen LogP contribution in [0.3, 0.4) is 0 Å². The largest absolute Gasteiger partial charge is 0.342 e. The van der Waals surface area contributed by atoms with Gasteiger partial charge in [-0.15, -0.1) is 22.0 Å². The van der Waals surface area contributed by atoms with E-state index in [2.05, 4.69) is 20.8 Å². The molecule has 28 heavy (non-hydrogen) atoms. The second kappa shape index (κ2) is 8.24. The number of pyridine rings is 1. The summed E-state index contributed by atoms with van der Waals surface area (Å²) in [7, 11) is 0. The van der Waals surface area contributed by atoms with Crippen molar-refractivity contribution >= 4 is 46.7 Å². The van der Waals surface area contributed by atoms with E-state index in [-0.39, 0.29) is 17.9 Å². The van der Waals surface area contributed by atoms with Crippen molar-refractivity contribution in [1.82, 2.24) is 19.9 Å². The smallest absolute Gasteiger partial charge is 0.251 e. The van der Waals surface area contributed by atoms with Crippen molar-refractivity contribution in [2.75, 3.05) is 23.1 Å². The molecule has 1 unspecified atom stereocenters. The van der Waals surface area contributed by atoms with E-state index in [1.165, 1.54) is 11.8 Å². The third-order valence-corrected chi connectivity index (χ3v) is 6.16. The van der Waals surface area contributed by atoms with Crippen LogP contribution < -0.4 is 10.6 Å². The highest BCUT2D eigenvalue weighted by molar-refractivity contribution is 8.00. The van der Waals surface area contributed by atoms with Gasteiger partial charge in [-0.25, -0.2) is 0 Å². The molecule has 0 spiro atoms. The first-order valence-electron chi connectivity index (χ1n) is 8.82. The minimum absolute atomic E-state index is 0.0529. The Labute approximate surface area is 170 Å². The number of anilines is 1. The molecule has 144 valence electrons. The molecule has 0 aliphatic carbocycles. The highest BCUT2D eigenvalue weighted by atomic mass is 32.2. The summed E-state index contributed by atoms with van der Waals surface area (Å²) in [6.45, 7) is 0. The van der Waals surface area contributed by atoms with Crippen molar-refractivity contribution in [2.45, 2.75) is 17.4 Å². The number of nitrogens with one attached hydrogen (secondary N) is 2. The Morgan fingerprint density at radius 1 is 1.36 bits per heavy atom. The summed E-state index contributed by atoms with van der Waals surface area (Å²) in [6.07, 6.45) is 4.67. The molecule has 0 fully saturated rings. The van der Waals surface area contributed by atoms with Crippen molar-refractivity contribution in [3.05, 3.63) is 54.0 Å². The molecule has 7 nitrogen and oxygen atoms in total. The molecule has 4 rings (SSSR count). The van der Waals surface area contributed by atoms with Crippen LogP contribution in [0, 0.1) is 0 Å². The van der Waals surface area contributed by atoms with Crippen LogP contribution in [-0.4, -0.2) is 44.2 Å². The third-order valence-electron chi connectivity index (χ3n) is 4.44. The predicted octanol–water partition coefficient (Wildman–Crippen LogP) is 3.00. The average Bonchev–Trinajstić information content (AvgIpc) is 3.14. The summed E-state index contributed by atoms with van der Waals surface area (Å²) in [5.41, 5.74) is 1.93. The van der Waals surface area contributed by atoms with E-state index in [0.717, 1.165) is 22.7 Å². The topological polar surface area (TPSA) is 88.4 Å². The monoisotopic (exact) mass is 413 g/mol. The highest BCUT2D eigenvalue weighted by Crippen LogP contribution is 2.32. The number of thioether (sulfide) groups is 2. The second-order valence-electron chi connectivity index (χ2n) is 6.34. The van der Waals surface area contributed by atoms with Crippen LogP contribution in [0.2, 0.25) is 0 Å². The van der Waals surface area contributed by atoms with Gasteiger partial charge < -0.3 is 10.6 Å². The molecule has 2 aromatic heterocycles. The molecule has 3 aromatic rings. The van der Waals surface area contributed by atoms with Gasteiger partial charge >= 0.3 is 0 Å². The summed E-state index contributed by atoms with van der Waals surface area (Å²) in [5.74, 6) is 1.73. The SMILES string of the molecule is CSCCC(NC(=O)c1ccc2c(c1)NC(=O)CS2)c1nnc2ccccn12. The van der Waals surface area contributed by atoms with Gasteiger partial charge in [-0.3, -0.25) is 14.0 Å². The van der Waals surface area contributed by atoms with Gasteiger partial charge in [0.15, 0.2) is 11.5 Å². The van der Waals surface area contributed by atoms with Crippen molar-refractivity contribution in [2.24, 2.45) is 0 Å². The molecular formula is C19H19N5O2S2. The number of rotatable bonds is 6. The van der Waals surface area contributed by atoms with Gasteiger partial charge in [0.05, 0.1) is 17.5 Å². The van der Waals surface area contributed by atoms with Crippen molar-refractivity contribution in [3.8, 4) is 0 Å². The lowest BCUT2D eigenvalue weighted by Gasteiger charge is -2.19. The zero-order valence-corrected chi connectivity index (χ0v) is 16.8. The summed E-state index contributed by atoms with van der Waals surface area (Å²) < 4.78 is 1.90. The van der Waals surface area contributed by atoms with Gasteiger partial charge in [0.2, 0.25) is 5.91 Å². The Bertz CT molecular complexity index is 1040. The van der Waals surface area contributed by atoms with E-state index in [4.69, 9.17) is 0 Å². The van der Waals surface area contributed by atoms with Crippen molar-refractivity contribution in [1.29, 1.82) is 0 Å². The van der Waals surface area contributed by atoms with Gasteiger partial charge in [0.1, 0.15) is 0 Å². The number of hydrogen-bond acceptors (Lipinski definition) is 6. The van der Waals surface area contributed by atoms with Gasteiger partial charge in [0.25, 0.3) is 5.91 Å². The zero-order valence-electron chi connectivity index (χ0n) is 15.2. The minimum Gasteiger partial charge on any atom is -0.342 e. The van der Waals surface area contributed by atoms with Gasteiger partial charge in [0, 0.05) is 16.7 Å². The van der Waals surface area contributed by atoms with E-state index in [0.29, 0.717) is 22.8 Å². The first kappa shape index (κ1) is 18.8. The predicted molar refractivity (Wildman–Crippen MR) is 112 cm³/mol. The van der Waals surface area contributed by atoms with Crippen LogP contribution >= 0.6 is 23.5 Å². The maximum atomic E-state index is 12.9. The lowest BCUT2D eigenvalue weighted by molar-refractivity contribution is -0.113. The van der Waals surface area contributed by atoms with Crippen LogP contribution in [0.15, 0.2) is 47.5 Å². The van der Waals surface area contributed by atoms with E-state index >= 15 is 0 Å². The Morgan fingerprint density at radius 3 is 3.11 bits per heavy atom. The van der Waals surface area contributed by atoms with Gasteiger partial charge in [-0.1, -0.05) is 6.07 Å². The van der Waals surface area contributed by atoms with E-state index in [1.807, 2.05) is 41.1 Å². The lowest BCUT2D eigenvalue weighted by atomic mass is 10.1. The Balaban J connectivity index is 1.59. The Hall–Kier alpha value is -2.52. The van der Waals surface area contributed by atoms with Gasteiger partial charge in [-0.2, -0.15) is 11.8 Å². The van der Waals surface area contributed by atoms with Crippen LogP contribution in [0.4, 0.5) is 5.69 Å².